The summed E-state index contributed by atoms with van der Waals surface area (Å²) in [5.74, 6) is -0.582. The van der Waals surface area contributed by atoms with Gasteiger partial charge in [-0.1, -0.05) is 35.9 Å². The van der Waals surface area contributed by atoms with Crippen molar-refractivity contribution in [2.24, 2.45) is 23.7 Å². The number of allylic oxidation sites excluding steroid dienone is 3. The fourth-order valence-electron chi connectivity index (χ4n) is 3.69. The minimum atomic E-state index is -0.373. The van der Waals surface area contributed by atoms with Crippen LogP contribution in [0.25, 0.3) is 6.08 Å². The highest BCUT2D eigenvalue weighted by Crippen LogP contribution is 2.55. The van der Waals surface area contributed by atoms with E-state index < -0.39 is 0 Å². The van der Waals surface area contributed by atoms with E-state index >= 15 is 0 Å². The zero-order valence-corrected chi connectivity index (χ0v) is 11.5. The Bertz CT molecular complexity index is 651. The van der Waals surface area contributed by atoms with Crippen LogP contribution in [0.1, 0.15) is 5.56 Å². The number of carbonyl (C=O) groups is 2. The van der Waals surface area contributed by atoms with Gasteiger partial charge in [-0.15, -0.1) is 0 Å². The monoisotopic (exact) mass is 282 g/mol. The lowest BCUT2D eigenvalue weighted by molar-refractivity contribution is -0.154. The van der Waals surface area contributed by atoms with Crippen molar-refractivity contribution in [3.63, 3.8) is 0 Å². The topological polar surface area (TPSA) is 52.6 Å². The summed E-state index contributed by atoms with van der Waals surface area (Å²) in [4.78, 5) is 23.6. The number of ether oxygens (including phenoxy) is 2. The van der Waals surface area contributed by atoms with Crippen molar-refractivity contribution in [3.8, 4) is 5.75 Å². The molecule has 0 amide bonds. The number of fused-ring (bicyclic) bond motifs is 5. The van der Waals surface area contributed by atoms with Gasteiger partial charge in [0.1, 0.15) is 5.75 Å². The number of esters is 2. The highest BCUT2D eigenvalue weighted by molar-refractivity contribution is 5.99. The maximum absolute atomic E-state index is 11.8. The van der Waals surface area contributed by atoms with Gasteiger partial charge in [0.05, 0.1) is 18.9 Å². The molecule has 2 bridgehead atoms. The largest absolute Gasteiger partial charge is 0.497 e. The first-order chi connectivity index (χ1) is 10.2. The molecule has 3 aliphatic rings. The van der Waals surface area contributed by atoms with E-state index in [-0.39, 0.29) is 35.6 Å². The zero-order chi connectivity index (χ0) is 14.6. The number of hydrogen-bond acceptors (Lipinski definition) is 4. The molecule has 1 saturated carbocycles. The fourth-order valence-corrected chi connectivity index (χ4v) is 3.69. The minimum Gasteiger partial charge on any atom is -0.497 e. The molecule has 1 aromatic rings. The smallest absolute Gasteiger partial charge is 0.318 e. The molecule has 1 saturated heterocycles. The van der Waals surface area contributed by atoms with E-state index in [1.165, 1.54) is 0 Å². The molecule has 0 unspecified atom stereocenters. The lowest BCUT2D eigenvalue weighted by Gasteiger charge is -2.11. The second-order valence-corrected chi connectivity index (χ2v) is 5.65. The summed E-state index contributed by atoms with van der Waals surface area (Å²) < 4.78 is 9.92. The first kappa shape index (κ1) is 12.4. The number of carbonyl (C=O) groups excluding carboxylic acids is 2. The summed E-state index contributed by atoms with van der Waals surface area (Å²) in [6.45, 7) is 0. The first-order valence-electron chi connectivity index (χ1n) is 6.98. The van der Waals surface area contributed by atoms with Crippen molar-refractivity contribution in [1.82, 2.24) is 0 Å². The number of benzene rings is 1. The average molecular weight is 282 g/mol. The molecule has 21 heavy (non-hydrogen) atoms. The van der Waals surface area contributed by atoms with Crippen LogP contribution in [0.3, 0.4) is 0 Å². The Balaban J connectivity index is 1.69. The Morgan fingerprint density at radius 1 is 1.00 bits per heavy atom. The van der Waals surface area contributed by atoms with Crippen LogP contribution >= 0.6 is 0 Å². The predicted molar refractivity (Wildman–Crippen MR) is 75.2 cm³/mol. The van der Waals surface area contributed by atoms with Crippen LogP contribution in [0.2, 0.25) is 0 Å². The summed E-state index contributed by atoms with van der Waals surface area (Å²) >= 11 is 0. The highest BCUT2D eigenvalue weighted by atomic mass is 16.6. The van der Waals surface area contributed by atoms with E-state index in [9.17, 15) is 9.59 Å². The van der Waals surface area contributed by atoms with E-state index in [1.54, 1.807) is 7.11 Å². The molecule has 106 valence electrons. The lowest BCUT2D eigenvalue weighted by Crippen LogP contribution is -2.21. The Kier molecular flexibility index (Phi) is 2.55. The van der Waals surface area contributed by atoms with Crippen LogP contribution in [-0.2, 0) is 14.3 Å². The van der Waals surface area contributed by atoms with Gasteiger partial charge in [-0.3, -0.25) is 9.59 Å². The van der Waals surface area contributed by atoms with E-state index in [4.69, 9.17) is 9.47 Å². The third kappa shape index (κ3) is 1.68. The van der Waals surface area contributed by atoms with Crippen molar-refractivity contribution < 1.29 is 19.1 Å². The second kappa shape index (κ2) is 4.32. The summed E-state index contributed by atoms with van der Waals surface area (Å²) in [6.07, 6.45) is 6.13. The third-order valence-corrected chi connectivity index (χ3v) is 4.65. The van der Waals surface area contributed by atoms with Gasteiger partial charge >= 0.3 is 11.9 Å². The van der Waals surface area contributed by atoms with Crippen LogP contribution < -0.4 is 4.74 Å². The lowest BCUT2D eigenvalue weighted by atomic mass is 9.85. The van der Waals surface area contributed by atoms with Crippen molar-refractivity contribution in [2.75, 3.05) is 7.11 Å². The van der Waals surface area contributed by atoms with Crippen LogP contribution in [-0.4, -0.2) is 19.0 Å². The molecular weight excluding hydrogens is 268 g/mol. The summed E-state index contributed by atoms with van der Waals surface area (Å²) in [7, 11) is 1.63. The van der Waals surface area contributed by atoms with Gasteiger partial charge in [-0.05, 0) is 17.7 Å². The molecule has 1 heterocycles. The third-order valence-electron chi connectivity index (χ3n) is 4.65. The van der Waals surface area contributed by atoms with Gasteiger partial charge in [-0.2, -0.15) is 0 Å². The highest BCUT2D eigenvalue weighted by Gasteiger charge is 2.60. The van der Waals surface area contributed by atoms with Crippen LogP contribution in [0.5, 0.6) is 5.75 Å². The molecule has 2 fully saturated rings. The molecule has 1 aromatic carbocycles. The Morgan fingerprint density at radius 2 is 1.57 bits per heavy atom. The van der Waals surface area contributed by atoms with E-state index in [2.05, 4.69) is 6.08 Å². The molecule has 4 heteroatoms. The van der Waals surface area contributed by atoms with Crippen molar-refractivity contribution in [2.45, 2.75) is 0 Å². The van der Waals surface area contributed by atoms with E-state index in [0.717, 1.165) is 16.9 Å². The number of cyclic esters (lactones) is 2. The van der Waals surface area contributed by atoms with Crippen LogP contribution in [0.4, 0.5) is 0 Å². The maximum atomic E-state index is 11.8. The SMILES string of the molecule is COc1ccc(C=C2[C@H]3C=C[C@@H]2[C@H]2C(=O)OC(=O)[C@@H]23)cc1. The standard InChI is InChI=1S/C17H14O4/c1-20-10-4-2-9(3-5-10)8-13-11-6-7-12(13)15-14(11)16(18)21-17(15)19/h2-8,11-12,14-15H,1H3/t11-,12+,14-,15-/m1/s1. The van der Waals surface area contributed by atoms with E-state index in [0.29, 0.717) is 0 Å². The molecule has 4 atom stereocenters. The summed E-state index contributed by atoms with van der Waals surface area (Å²) in [6, 6.07) is 7.74. The van der Waals surface area contributed by atoms with Gasteiger partial charge in [0.25, 0.3) is 0 Å². The molecule has 2 aliphatic carbocycles. The zero-order valence-electron chi connectivity index (χ0n) is 11.5. The first-order valence-corrected chi connectivity index (χ1v) is 6.98. The molecule has 4 nitrogen and oxygen atoms in total. The molecule has 4 rings (SSSR count). The second-order valence-electron chi connectivity index (χ2n) is 5.65. The fraction of sp³-hybridized carbons (Fsp3) is 0.294. The van der Waals surface area contributed by atoms with E-state index in [1.807, 2.05) is 36.4 Å². The molecular formula is C17H14O4. The summed E-state index contributed by atoms with van der Waals surface area (Å²) in [5.41, 5.74) is 2.19. The molecule has 0 aromatic heterocycles. The van der Waals surface area contributed by atoms with Crippen LogP contribution in [0, 0.1) is 23.7 Å². The molecule has 1 aliphatic heterocycles. The van der Waals surface area contributed by atoms with Crippen LogP contribution in [0.15, 0.2) is 42.0 Å². The minimum absolute atomic E-state index is 0.000974. The number of methoxy groups -OCH3 is 1. The summed E-state index contributed by atoms with van der Waals surface area (Å²) in [5, 5.41) is 0. The Labute approximate surface area is 122 Å². The van der Waals surface area contributed by atoms with Gasteiger partial charge in [0.2, 0.25) is 0 Å². The molecule has 0 radical (unpaired) electrons. The van der Waals surface area contributed by atoms with Crippen molar-refractivity contribution in [3.05, 3.63) is 47.6 Å². The van der Waals surface area contributed by atoms with Gasteiger partial charge in [0.15, 0.2) is 0 Å². The van der Waals surface area contributed by atoms with Crippen molar-refractivity contribution >= 4 is 18.0 Å². The molecule has 0 spiro atoms. The maximum Gasteiger partial charge on any atom is 0.318 e. The van der Waals surface area contributed by atoms with Gasteiger partial charge in [-0.25, -0.2) is 0 Å². The predicted octanol–water partition coefficient (Wildman–Crippen LogP) is 2.21. The normalized spacial score (nSPS) is 34.4. The van der Waals surface area contributed by atoms with Gasteiger partial charge in [0, 0.05) is 11.8 Å². The Morgan fingerprint density at radius 3 is 2.10 bits per heavy atom. The number of rotatable bonds is 2. The quantitative estimate of drug-likeness (QED) is 0.474. The molecule has 0 N–H and O–H groups in total. The Hall–Kier alpha value is -2.36. The van der Waals surface area contributed by atoms with Crippen molar-refractivity contribution in [1.29, 1.82) is 0 Å². The van der Waals surface area contributed by atoms with Gasteiger partial charge < -0.3 is 9.47 Å². The number of hydrogen-bond donors (Lipinski definition) is 0. The average Bonchev–Trinajstić information content (AvgIpc) is 3.12.